The van der Waals surface area contributed by atoms with E-state index in [4.69, 9.17) is 28.9 Å². The van der Waals surface area contributed by atoms with Crippen molar-refractivity contribution in [3.8, 4) is 0 Å². The average Bonchev–Trinajstić information content (AvgIpc) is 2.22. The van der Waals surface area contributed by atoms with E-state index in [1.54, 1.807) is 12.1 Å². The highest BCUT2D eigenvalue weighted by atomic mass is 35.5. The van der Waals surface area contributed by atoms with Gasteiger partial charge in [-0.2, -0.15) is 0 Å². The molecule has 0 aliphatic heterocycles. The number of hydrogen-bond donors (Lipinski definition) is 1. The van der Waals surface area contributed by atoms with Crippen LogP contribution in [0.2, 0.25) is 10.0 Å². The number of alkyl halides is 1. The lowest BCUT2D eigenvalue weighted by Gasteiger charge is -2.33. The van der Waals surface area contributed by atoms with Gasteiger partial charge < -0.3 is 5.73 Å². The molecule has 2 N–H and O–H groups in total. The quantitative estimate of drug-likeness (QED) is 0.863. The Bertz CT molecular complexity index is 410. The molecule has 1 aromatic carbocycles. The summed E-state index contributed by atoms with van der Waals surface area (Å²) in [6.07, 6.45) is 3.18. The zero-order valence-electron chi connectivity index (χ0n) is 9.56. The van der Waals surface area contributed by atoms with Gasteiger partial charge in [0.1, 0.15) is 5.67 Å². The van der Waals surface area contributed by atoms with Gasteiger partial charge in [0, 0.05) is 12.5 Å². The fraction of sp³-hybridized carbons (Fsp3) is 0.538. The first-order valence-corrected chi connectivity index (χ1v) is 6.62. The van der Waals surface area contributed by atoms with Crippen molar-refractivity contribution in [2.24, 2.45) is 5.73 Å². The third-order valence-electron chi connectivity index (χ3n) is 3.33. The van der Waals surface area contributed by atoms with Gasteiger partial charge >= 0.3 is 0 Å². The summed E-state index contributed by atoms with van der Waals surface area (Å²) in [6.45, 7) is 0. The Labute approximate surface area is 111 Å². The summed E-state index contributed by atoms with van der Waals surface area (Å²) in [7, 11) is 0. The predicted molar refractivity (Wildman–Crippen MR) is 70.4 cm³/mol. The second kappa shape index (κ2) is 5.13. The maximum Gasteiger partial charge on any atom is 0.116 e. The van der Waals surface area contributed by atoms with Crippen molar-refractivity contribution in [1.29, 1.82) is 0 Å². The molecule has 2 rings (SSSR count). The van der Waals surface area contributed by atoms with E-state index in [0.29, 0.717) is 29.3 Å². The van der Waals surface area contributed by atoms with Crippen molar-refractivity contribution in [3.63, 3.8) is 0 Å². The molecule has 0 saturated heterocycles. The fourth-order valence-electron chi connectivity index (χ4n) is 2.53. The van der Waals surface area contributed by atoms with E-state index in [1.807, 2.05) is 6.07 Å². The molecule has 0 spiro atoms. The van der Waals surface area contributed by atoms with E-state index in [9.17, 15) is 4.39 Å². The van der Waals surface area contributed by atoms with Crippen molar-refractivity contribution in [3.05, 3.63) is 33.8 Å². The maximum atomic E-state index is 14.6. The Balaban J connectivity index is 2.11. The van der Waals surface area contributed by atoms with Gasteiger partial charge in [0.25, 0.3) is 0 Å². The molecule has 1 aromatic rings. The van der Waals surface area contributed by atoms with Crippen LogP contribution in [0.3, 0.4) is 0 Å². The zero-order valence-corrected chi connectivity index (χ0v) is 11.1. The van der Waals surface area contributed by atoms with Crippen molar-refractivity contribution in [1.82, 2.24) is 0 Å². The minimum absolute atomic E-state index is 0.0171. The monoisotopic (exact) mass is 275 g/mol. The Hall–Kier alpha value is -0.310. The molecule has 0 amide bonds. The Morgan fingerprint density at radius 1 is 1.35 bits per heavy atom. The van der Waals surface area contributed by atoms with E-state index < -0.39 is 5.67 Å². The summed E-state index contributed by atoms with van der Waals surface area (Å²) in [6, 6.07) is 5.27. The van der Waals surface area contributed by atoms with Gasteiger partial charge in [-0.05, 0) is 43.4 Å². The first-order valence-electron chi connectivity index (χ1n) is 5.87. The lowest BCUT2D eigenvalue weighted by molar-refractivity contribution is 0.0965. The highest BCUT2D eigenvalue weighted by Gasteiger charge is 2.35. The molecule has 2 atom stereocenters. The normalized spacial score (nSPS) is 29.3. The van der Waals surface area contributed by atoms with E-state index in [-0.39, 0.29) is 6.04 Å². The topological polar surface area (TPSA) is 26.0 Å². The van der Waals surface area contributed by atoms with Crippen LogP contribution in [0.15, 0.2) is 18.2 Å². The molecule has 17 heavy (non-hydrogen) atoms. The van der Waals surface area contributed by atoms with E-state index in [2.05, 4.69) is 0 Å². The van der Waals surface area contributed by atoms with Crippen LogP contribution < -0.4 is 5.73 Å². The van der Waals surface area contributed by atoms with Crippen molar-refractivity contribution in [2.75, 3.05) is 0 Å². The molecule has 0 heterocycles. The van der Waals surface area contributed by atoms with Gasteiger partial charge in [-0.1, -0.05) is 29.3 Å². The molecule has 0 radical (unpaired) electrons. The van der Waals surface area contributed by atoms with Crippen LogP contribution in [-0.4, -0.2) is 11.7 Å². The van der Waals surface area contributed by atoms with Gasteiger partial charge in [0.15, 0.2) is 0 Å². The zero-order chi connectivity index (χ0) is 12.5. The summed E-state index contributed by atoms with van der Waals surface area (Å²) < 4.78 is 14.6. The van der Waals surface area contributed by atoms with Crippen molar-refractivity contribution in [2.45, 2.75) is 43.8 Å². The molecular formula is C13H16Cl2FN. The van der Waals surface area contributed by atoms with Gasteiger partial charge in [-0.25, -0.2) is 4.39 Å². The fourth-order valence-corrected chi connectivity index (χ4v) is 2.85. The predicted octanol–water partition coefficient (Wildman–Crippen LogP) is 4.15. The number of hydrogen-bond acceptors (Lipinski definition) is 1. The molecule has 94 valence electrons. The Morgan fingerprint density at radius 3 is 2.76 bits per heavy atom. The van der Waals surface area contributed by atoms with Crippen LogP contribution in [0.25, 0.3) is 0 Å². The Morgan fingerprint density at radius 2 is 2.12 bits per heavy atom. The number of rotatable bonds is 2. The third-order valence-corrected chi connectivity index (χ3v) is 4.07. The first-order chi connectivity index (χ1) is 7.98. The molecular weight excluding hydrogens is 260 g/mol. The largest absolute Gasteiger partial charge is 0.328 e. The van der Waals surface area contributed by atoms with Crippen LogP contribution >= 0.6 is 23.2 Å². The molecule has 1 aliphatic rings. The second-order valence-corrected chi connectivity index (χ2v) is 5.75. The summed E-state index contributed by atoms with van der Waals surface area (Å²) >= 11 is 11.8. The van der Waals surface area contributed by atoms with Crippen molar-refractivity contribution >= 4 is 23.2 Å². The average molecular weight is 276 g/mol. The van der Waals surface area contributed by atoms with E-state index >= 15 is 0 Å². The summed E-state index contributed by atoms with van der Waals surface area (Å²) in [5, 5.41) is 0.983. The summed E-state index contributed by atoms with van der Waals surface area (Å²) in [5.41, 5.74) is 5.53. The summed E-state index contributed by atoms with van der Waals surface area (Å²) in [4.78, 5) is 0. The number of halogens is 3. The van der Waals surface area contributed by atoms with Crippen LogP contribution in [0.5, 0.6) is 0 Å². The van der Waals surface area contributed by atoms with E-state index in [0.717, 1.165) is 18.4 Å². The Kier molecular flexibility index (Phi) is 3.96. The number of benzene rings is 1. The molecule has 0 aromatic heterocycles. The smallest absolute Gasteiger partial charge is 0.116 e. The van der Waals surface area contributed by atoms with Gasteiger partial charge in [0.05, 0.1) is 10.0 Å². The van der Waals surface area contributed by atoms with Gasteiger partial charge in [-0.15, -0.1) is 0 Å². The molecule has 0 bridgehead atoms. The van der Waals surface area contributed by atoms with Gasteiger partial charge in [0.2, 0.25) is 0 Å². The minimum atomic E-state index is -1.19. The maximum absolute atomic E-state index is 14.6. The first kappa shape index (κ1) is 13.1. The highest BCUT2D eigenvalue weighted by Crippen LogP contribution is 2.35. The molecule has 1 saturated carbocycles. The summed E-state index contributed by atoms with van der Waals surface area (Å²) in [5.74, 6) is 0. The van der Waals surface area contributed by atoms with Gasteiger partial charge in [-0.3, -0.25) is 0 Å². The lowest BCUT2D eigenvalue weighted by Crippen LogP contribution is -2.39. The molecule has 2 unspecified atom stereocenters. The molecule has 4 heteroatoms. The van der Waals surface area contributed by atoms with E-state index in [1.165, 1.54) is 0 Å². The standard InChI is InChI=1S/C13H16Cl2FN/c14-11-4-3-9(6-12(11)15)7-13(16)5-1-2-10(17)8-13/h3-4,6,10H,1-2,5,7-8,17H2. The third kappa shape index (κ3) is 3.34. The van der Waals surface area contributed by atoms with Crippen LogP contribution in [-0.2, 0) is 6.42 Å². The SMILES string of the molecule is NC1CCCC(F)(Cc2ccc(Cl)c(Cl)c2)C1. The molecule has 1 aliphatic carbocycles. The van der Waals surface area contributed by atoms with Crippen molar-refractivity contribution < 1.29 is 4.39 Å². The number of nitrogens with two attached hydrogens (primary N) is 1. The van der Waals surface area contributed by atoms with Crippen LogP contribution in [0, 0.1) is 0 Å². The highest BCUT2D eigenvalue weighted by molar-refractivity contribution is 6.42. The lowest BCUT2D eigenvalue weighted by atomic mass is 9.80. The minimum Gasteiger partial charge on any atom is -0.328 e. The van der Waals surface area contributed by atoms with Crippen LogP contribution in [0.4, 0.5) is 4.39 Å². The molecule has 1 nitrogen and oxygen atoms in total. The molecule has 1 fully saturated rings. The second-order valence-electron chi connectivity index (χ2n) is 4.93. The van der Waals surface area contributed by atoms with Crippen LogP contribution in [0.1, 0.15) is 31.2 Å².